The minimum atomic E-state index is -0.0476. The lowest BCUT2D eigenvalue weighted by molar-refractivity contribution is 0.303. The van der Waals surface area contributed by atoms with Crippen molar-refractivity contribution in [2.45, 2.75) is 45.4 Å². The molecule has 0 fully saturated rings. The lowest BCUT2D eigenvalue weighted by atomic mass is 10.1. The molecular formula is C10H17O2S. The summed E-state index contributed by atoms with van der Waals surface area (Å²) in [5.74, 6) is 0. The zero-order chi connectivity index (χ0) is 9.94. The highest BCUT2D eigenvalue weighted by molar-refractivity contribution is 7.81. The number of hydrogen-bond donors (Lipinski definition) is 0. The van der Waals surface area contributed by atoms with Gasteiger partial charge in [-0.15, -0.1) is 0 Å². The Bertz CT molecular complexity index is 146. The van der Waals surface area contributed by atoms with Crippen LogP contribution < -0.4 is 0 Å². The first kappa shape index (κ1) is 12.6. The van der Waals surface area contributed by atoms with Crippen molar-refractivity contribution in [3.63, 3.8) is 0 Å². The van der Waals surface area contributed by atoms with E-state index in [1.54, 1.807) is 0 Å². The summed E-state index contributed by atoms with van der Waals surface area (Å²) in [6.07, 6.45) is 8.78. The van der Waals surface area contributed by atoms with Crippen LogP contribution in [0.2, 0.25) is 0 Å². The summed E-state index contributed by atoms with van der Waals surface area (Å²) in [5, 5.41) is -0.0476. The molecule has 1 radical (unpaired) electrons. The Balaban J connectivity index is 2.99. The highest BCUT2D eigenvalue weighted by Gasteiger charge is 1.95. The fourth-order valence-electron chi connectivity index (χ4n) is 1.08. The largest absolute Gasteiger partial charge is 0.480 e. The molecule has 0 spiro atoms. The molecule has 0 bridgehead atoms. The maximum absolute atomic E-state index is 9.92. The second kappa shape index (κ2) is 9.65. The number of thiocarbonyl (C=S) groups is 1. The first-order chi connectivity index (χ1) is 6.31. The average Bonchev–Trinajstić information content (AvgIpc) is 2.16. The van der Waals surface area contributed by atoms with Crippen LogP contribution in [-0.2, 0) is 9.53 Å². The summed E-state index contributed by atoms with van der Waals surface area (Å²) in [5.41, 5.74) is 0. The second-order valence-electron chi connectivity index (χ2n) is 3.01. The Hall–Kier alpha value is -0.440. The van der Waals surface area contributed by atoms with Gasteiger partial charge in [0.1, 0.15) is 0 Å². The molecule has 0 aliphatic rings. The van der Waals surface area contributed by atoms with Gasteiger partial charge in [-0.25, -0.2) is 0 Å². The third kappa shape index (κ3) is 9.47. The van der Waals surface area contributed by atoms with E-state index in [1.807, 2.05) is 0 Å². The molecule has 3 heteroatoms. The fraction of sp³-hybridized carbons (Fsp3) is 0.800. The molecule has 0 rings (SSSR count). The Kier molecular flexibility index (Phi) is 9.32. The monoisotopic (exact) mass is 201 g/mol. The van der Waals surface area contributed by atoms with Crippen LogP contribution in [-0.4, -0.2) is 17.9 Å². The molecular weight excluding hydrogens is 184 g/mol. The molecule has 2 nitrogen and oxygen atoms in total. The fourth-order valence-corrected chi connectivity index (χ4v) is 1.16. The highest BCUT2D eigenvalue weighted by Crippen LogP contribution is 2.04. The number of rotatable bonds is 8. The van der Waals surface area contributed by atoms with Crippen molar-refractivity contribution in [2.75, 3.05) is 6.61 Å². The second-order valence-corrected chi connectivity index (χ2v) is 3.38. The third-order valence-electron chi connectivity index (χ3n) is 1.81. The Labute approximate surface area is 85.7 Å². The molecule has 0 amide bonds. The van der Waals surface area contributed by atoms with Crippen molar-refractivity contribution in [3.8, 4) is 0 Å². The maximum Gasteiger partial charge on any atom is 0.283 e. The van der Waals surface area contributed by atoms with E-state index in [-0.39, 0.29) is 5.05 Å². The third-order valence-corrected chi connectivity index (χ3v) is 2.02. The van der Waals surface area contributed by atoms with Crippen molar-refractivity contribution in [1.29, 1.82) is 0 Å². The quantitative estimate of drug-likeness (QED) is 0.446. The van der Waals surface area contributed by atoms with Crippen LogP contribution in [0, 0.1) is 0 Å². The summed E-state index contributed by atoms with van der Waals surface area (Å²) >= 11 is 4.53. The molecule has 75 valence electrons. The van der Waals surface area contributed by atoms with Crippen LogP contribution in [0.1, 0.15) is 45.4 Å². The lowest BCUT2D eigenvalue weighted by Crippen LogP contribution is -2.03. The molecule has 13 heavy (non-hydrogen) atoms. The van der Waals surface area contributed by atoms with E-state index in [9.17, 15) is 4.79 Å². The van der Waals surface area contributed by atoms with E-state index in [4.69, 9.17) is 4.74 Å². The molecule has 0 N–H and O–H groups in total. The highest BCUT2D eigenvalue weighted by atomic mass is 32.1. The zero-order valence-electron chi connectivity index (χ0n) is 8.17. The van der Waals surface area contributed by atoms with Crippen LogP contribution in [0.3, 0.4) is 0 Å². The standard InChI is InChI=1S/C10H17O2S/c1-2-3-4-5-6-7-8-12-10(13)9-11/h2-8H2,1H3. The summed E-state index contributed by atoms with van der Waals surface area (Å²) in [7, 11) is 0. The van der Waals surface area contributed by atoms with Crippen LogP contribution in [0.15, 0.2) is 0 Å². The van der Waals surface area contributed by atoms with E-state index in [0.717, 1.165) is 12.8 Å². The van der Waals surface area contributed by atoms with Gasteiger partial charge in [-0.1, -0.05) is 39.0 Å². The van der Waals surface area contributed by atoms with Crippen LogP contribution in [0.4, 0.5) is 0 Å². The summed E-state index contributed by atoms with van der Waals surface area (Å²) in [6, 6.07) is 0. The van der Waals surface area contributed by atoms with E-state index in [2.05, 4.69) is 19.1 Å². The van der Waals surface area contributed by atoms with E-state index in [1.165, 1.54) is 32.0 Å². The van der Waals surface area contributed by atoms with Crippen LogP contribution in [0.5, 0.6) is 0 Å². The molecule has 0 saturated heterocycles. The topological polar surface area (TPSA) is 26.3 Å². The smallest absolute Gasteiger partial charge is 0.283 e. The summed E-state index contributed by atoms with van der Waals surface area (Å²) in [4.78, 5) is 9.92. The number of ether oxygens (including phenoxy) is 1. The van der Waals surface area contributed by atoms with Gasteiger partial charge in [0.15, 0.2) is 0 Å². The van der Waals surface area contributed by atoms with Gasteiger partial charge in [0.2, 0.25) is 5.05 Å². The average molecular weight is 201 g/mol. The van der Waals surface area contributed by atoms with Gasteiger partial charge in [-0.3, -0.25) is 4.79 Å². The molecule has 0 aliphatic carbocycles. The number of hydrogen-bond acceptors (Lipinski definition) is 3. The SMILES string of the molecule is CCCCCCCCOC(=S)[C]=O. The molecule has 0 unspecified atom stereocenters. The number of unbranched alkanes of at least 4 members (excludes halogenated alkanes) is 5. The number of carbonyl (C=O) groups excluding carboxylic acids is 1. The predicted octanol–water partition coefficient (Wildman–Crippen LogP) is 2.80. The van der Waals surface area contributed by atoms with Gasteiger partial charge in [0.25, 0.3) is 6.29 Å². The van der Waals surface area contributed by atoms with Gasteiger partial charge in [-0.05, 0) is 18.6 Å². The minimum absolute atomic E-state index is 0.0476. The van der Waals surface area contributed by atoms with Gasteiger partial charge in [-0.2, -0.15) is 0 Å². The van der Waals surface area contributed by atoms with Gasteiger partial charge >= 0.3 is 0 Å². The molecule has 0 aliphatic heterocycles. The van der Waals surface area contributed by atoms with E-state index < -0.39 is 0 Å². The molecule has 0 aromatic rings. The molecule has 0 atom stereocenters. The van der Waals surface area contributed by atoms with Gasteiger partial charge in [0.05, 0.1) is 6.61 Å². The molecule has 0 heterocycles. The van der Waals surface area contributed by atoms with E-state index in [0.29, 0.717) is 6.61 Å². The lowest BCUT2D eigenvalue weighted by Gasteiger charge is -2.01. The van der Waals surface area contributed by atoms with Crippen LogP contribution >= 0.6 is 12.2 Å². The first-order valence-electron chi connectivity index (χ1n) is 4.86. The van der Waals surface area contributed by atoms with Crippen molar-refractivity contribution in [2.24, 2.45) is 0 Å². The maximum atomic E-state index is 9.92. The van der Waals surface area contributed by atoms with Gasteiger partial charge < -0.3 is 4.74 Å². The summed E-state index contributed by atoms with van der Waals surface area (Å²) in [6.45, 7) is 2.75. The van der Waals surface area contributed by atoms with Crippen molar-refractivity contribution >= 4 is 23.6 Å². The van der Waals surface area contributed by atoms with Gasteiger partial charge in [0, 0.05) is 0 Å². The predicted molar refractivity (Wildman–Crippen MR) is 57.6 cm³/mol. The van der Waals surface area contributed by atoms with Crippen molar-refractivity contribution < 1.29 is 9.53 Å². The molecule has 0 aromatic heterocycles. The van der Waals surface area contributed by atoms with E-state index >= 15 is 0 Å². The summed E-state index contributed by atoms with van der Waals surface area (Å²) < 4.78 is 4.91. The zero-order valence-corrected chi connectivity index (χ0v) is 8.99. The minimum Gasteiger partial charge on any atom is -0.480 e. The first-order valence-corrected chi connectivity index (χ1v) is 5.27. The molecule has 0 saturated carbocycles. The van der Waals surface area contributed by atoms with Crippen molar-refractivity contribution in [1.82, 2.24) is 0 Å². The Morgan fingerprint density at radius 3 is 2.46 bits per heavy atom. The Morgan fingerprint density at radius 2 is 1.85 bits per heavy atom. The molecule has 0 aromatic carbocycles. The Morgan fingerprint density at radius 1 is 1.23 bits per heavy atom. The van der Waals surface area contributed by atoms with Crippen molar-refractivity contribution in [3.05, 3.63) is 0 Å². The van der Waals surface area contributed by atoms with Crippen LogP contribution in [0.25, 0.3) is 0 Å². The normalized spacial score (nSPS) is 9.62.